The Morgan fingerprint density at radius 1 is 1.30 bits per heavy atom. The molecule has 118 valence electrons. The number of aromatic nitrogens is 4. The molecule has 0 fully saturated rings. The van der Waals surface area contributed by atoms with Gasteiger partial charge >= 0.3 is 0 Å². The highest BCUT2D eigenvalue weighted by molar-refractivity contribution is 7.98. The molecule has 0 aliphatic rings. The Labute approximate surface area is 139 Å². The van der Waals surface area contributed by atoms with Gasteiger partial charge in [-0.3, -0.25) is 4.79 Å². The van der Waals surface area contributed by atoms with Crippen LogP contribution in [-0.4, -0.2) is 19.9 Å². The zero-order valence-electron chi connectivity index (χ0n) is 12.1. The fourth-order valence-corrected chi connectivity index (χ4v) is 3.48. The number of aryl methyl sites for hydroxylation is 1. The van der Waals surface area contributed by atoms with Gasteiger partial charge in [-0.15, -0.1) is 21.5 Å². The van der Waals surface area contributed by atoms with E-state index in [0.717, 1.165) is 20.9 Å². The first-order valence-electron chi connectivity index (χ1n) is 6.59. The molecular weight excluding hydrogens is 337 g/mol. The minimum Gasteiger partial charge on any atom is -0.334 e. The number of nitrogens with two attached hydrogens (primary N) is 1. The number of benzene rings is 1. The van der Waals surface area contributed by atoms with Crippen molar-refractivity contribution < 1.29 is 4.39 Å². The number of hydrogen-bond acceptors (Lipinski definition) is 7. The lowest BCUT2D eigenvalue weighted by atomic mass is 10.2. The second-order valence-corrected chi connectivity index (χ2v) is 6.48. The van der Waals surface area contributed by atoms with Gasteiger partial charge in [0.25, 0.3) is 5.56 Å². The molecule has 0 saturated carbocycles. The molecule has 1 aromatic carbocycles. The van der Waals surface area contributed by atoms with E-state index >= 15 is 0 Å². The highest BCUT2D eigenvalue weighted by Gasteiger charge is 2.10. The molecule has 2 aromatic heterocycles. The van der Waals surface area contributed by atoms with Crippen molar-refractivity contribution in [2.45, 2.75) is 17.8 Å². The average molecular weight is 349 g/mol. The summed E-state index contributed by atoms with van der Waals surface area (Å²) < 4.78 is 13.9. The zero-order chi connectivity index (χ0) is 16.4. The van der Waals surface area contributed by atoms with Crippen molar-refractivity contribution in [2.24, 2.45) is 0 Å². The number of nitrogen functional groups attached to an aromatic ring is 1. The van der Waals surface area contributed by atoms with Crippen molar-refractivity contribution in [2.75, 3.05) is 5.84 Å². The van der Waals surface area contributed by atoms with E-state index in [1.54, 1.807) is 19.1 Å². The zero-order valence-corrected chi connectivity index (χ0v) is 13.7. The molecule has 3 aromatic rings. The van der Waals surface area contributed by atoms with Crippen molar-refractivity contribution in [3.05, 3.63) is 57.2 Å². The normalized spacial score (nSPS) is 10.9. The molecule has 2 N–H and O–H groups in total. The first-order chi connectivity index (χ1) is 11.0. The Balaban J connectivity index is 1.74. The third-order valence-electron chi connectivity index (χ3n) is 3.01. The summed E-state index contributed by atoms with van der Waals surface area (Å²) in [6.45, 7) is 1.56. The summed E-state index contributed by atoms with van der Waals surface area (Å²) in [7, 11) is 0. The highest BCUT2D eigenvalue weighted by atomic mass is 32.2. The van der Waals surface area contributed by atoms with Gasteiger partial charge in [-0.2, -0.15) is 4.68 Å². The van der Waals surface area contributed by atoms with E-state index in [1.165, 1.54) is 35.2 Å². The largest absolute Gasteiger partial charge is 0.334 e. The molecule has 0 unspecified atom stereocenters. The number of rotatable bonds is 4. The molecule has 3 rings (SSSR count). The standard InChI is InChI=1S/C14H12FN5OS2/c1-8-13(21)20(16)14(19-18-8)23-7-11-6-22-12(17-11)9-2-4-10(15)5-3-9/h2-6H,7,16H2,1H3. The lowest BCUT2D eigenvalue weighted by Gasteiger charge is -2.04. The molecule has 0 bridgehead atoms. The van der Waals surface area contributed by atoms with E-state index in [0.29, 0.717) is 10.9 Å². The van der Waals surface area contributed by atoms with E-state index in [-0.39, 0.29) is 17.1 Å². The maximum atomic E-state index is 12.9. The minimum atomic E-state index is -0.368. The van der Waals surface area contributed by atoms with Crippen LogP contribution in [0.25, 0.3) is 10.6 Å². The Morgan fingerprint density at radius 3 is 2.78 bits per heavy atom. The SMILES string of the molecule is Cc1nnc(SCc2csc(-c3ccc(F)cc3)n2)n(N)c1=O. The van der Waals surface area contributed by atoms with Gasteiger partial charge in [-0.1, -0.05) is 11.8 Å². The first kappa shape index (κ1) is 15.6. The van der Waals surface area contributed by atoms with Gasteiger partial charge in [0, 0.05) is 16.7 Å². The third-order valence-corrected chi connectivity index (χ3v) is 4.93. The fourth-order valence-electron chi connectivity index (χ4n) is 1.81. The predicted octanol–water partition coefficient (Wildman–Crippen LogP) is 2.22. The first-order valence-corrected chi connectivity index (χ1v) is 8.45. The molecule has 2 heterocycles. The summed E-state index contributed by atoms with van der Waals surface area (Å²) in [5.41, 5.74) is 1.57. The third kappa shape index (κ3) is 3.40. The second kappa shape index (κ2) is 6.47. The van der Waals surface area contributed by atoms with Crippen LogP contribution >= 0.6 is 23.1 Å². The average Bonchev–Trinajstić information content (AvgIpc) is 3.02. The van der Waals surface area contributed by atoms with Gasteiger partial charge in [0.1, 0.15) is 16.5 Å². The van der Waals surface area contributed by atoms with Crippen molar-refractivity contribution in [1.29, 1.82) is 0 Å². The van der Waals surface area contributed by atoms with Crippen molar-refractivity contribution in [1.82, 2.24) is 19.9 Å². The smallest absolute Gasteiger partial charge is 0.294 e. The molecular formula is C14H12FN5OS2. The number of hydrogen-bond donors (Lipinski definition) is 1. The Hall–Kier alpha value is -2.26. The molecule has 0 aliphatic heterocycles. The van der Waals surface area contributed by atoms with Crippen LogP contribution in [0.3, 0.4) is 0 Å². The lowest BCUT2D eigenvalue weighted by molar-refractivity contribution is 0.628. The quantitative estimate of drug-likeness (QED) is 0.574. The fraction of sp³-hybridized carbons (Fsp3) is 0.143. The summed E-state index contributed by atoms with van der Waals surface area (Å²) in [6, 6.07) is 6.18. The summed E-state index contributed by atoms with van der Waals surface area (Å²) in [6.07, 6.45) is 0. The molecule has 6 nitrogen and oxygen atoms in total. The number of nitrogens with zero attached hydrogens (tertiary/aromatic N) is 4. The van der Waals surface area contributed by atoms with Gasteiger partial charge in [-0.05, 0) is 31.2 Å². The predicted molar refractivity (Wildman–Crippen MR) is 88.2 cm³/mol. The summed E-state index contributed by atoms with van der Waals surface area (Å²) in [5.74, 6) is 5.91. The number of halogens is 1. The van der Waals surface area contributed by atoms with Gasteiger partial charge in [0.2, 0.25) is 5.16 Å². The number of thiazole rings is 1. The summed E-state index contributed by atoms with van der Waals surface area (Å²) >= 11 is 2.75. The second-order valence-electron chi connectivity index (χ2n) is 4.68. The van der Waals surface area contributed by atoms with Crippen LogP contribution in [0.1, 0.15) is 11.4 Å². The summed E-state index contributed by atoms with van der Waals surface area (Å²) in [5, 5.41) is 10.7. The van der Waals surface area contributed by atoms with E-state index < -0.39 is 0 Å². The van der Waals surface area contributed by atoms with Crippen molar-refractivity contribution in [3.63, 3.8) is 0 Å². The van der Waals surface area contributed by atoms with Gasteiger partial charge in [0.05, 0.1) is 5.69 Å². The van der Waals surface area contributed by atoms with Crippen LogP contribution in [0.15, 0.2) is 39.6 Å². The van der Waals surface area contributed by atoms with Crippen LogP contribution in [0.2, 0.25) is 0 Å². The molecule has 0 saturated heterocycles. The molecule has 9 heteroatoms. The van der Waals surface area contributed by atoms with E-state index in [2.05, 4.69) is 15.2 Å². The molecule has 0 aliphatic carbocycles. The lowest BCUT2D eigenvalue weighted by Crippen LogP contribution is -2.32. The highest BCUT2D eigenvalue weighted by Crippen LogP contribution is 2.26. The van der Waals surface area contributed by atoms with Crippen LogP contribution in [-0.2, 0) is 5.75 Å². The Kier molecular flexibility index (Phi) is 4.39. The van der Waals surface area contributed by atoms with Crippen LogP contribution < -0.4 is 11.4 Å². The monoisotopic (exact) mass is 349 g/mol. The van der Waals surface area contributed by atoms with E-state index in [1.807, 2.05) is 5.38 Å². The van der Waals surface area contributed by atoms with Crippen molar-refractivity contribution in [3.8, 4) is 10.6 Å². The maximum absolute atomic E-state index is 12.9. The Morgan fingerprint density at radius 2 is 2.04 bits per heavy atom. The van der Waals surface area contributed by atoms with E-state index in [9.17, 15) is 9.18 Å². The van der Waals surface area contributed by atoms with Gasteiger partial charge in [0.15, 0.2) is 0 Å². The minimum absolute atomic E-state index is 0.254. The molecule has 23 heavy (non-hydrogen) atoms. The summed E-state index contributed by atoms with van der Waals surface area (Å²) in [4.78, 5) is 16.2. The molecule has 0 amide bonds. The number of thioether (sulfide) groups is 1. The van der Waals surface area contributed by atoms with Gasteiger partial charge < -0.3 is 5.84 Å². The van der Waals surface area contributed by atoms with Gasteiger partial charge in [-0.25, -0.2) is 9.37 Å². The maximum Gasteiger partial charge on any atom is 0.294 e. The molecule has 0 spiro atoms. The van der Waals surface area contributed by atoms with Crippen LogP contribution in [0, 0.1) is 12.7 Å². The van der Waals surface area contributed by atoms with Crippen LogP contribution in [0.5, 0.6) is 0 Å². The Bertz CT molecular complexity index is 891. The van der Waals surface area contributed by atoms with Crippen molar-refractivity contribution >= 4 is 23.1 Å². The van der Waals surface area contributed by atoms with Crippen LogP contribution in [0.4, 0.5) is 4.39 Å². The van der Waals surface area contributed by atoms with E-state index in [4.69, 9.17) is 5.84 Å². The topological polar surface area (TPSA) is 86.7 Å². The molecule has 0 radical (unpaired) electrons. The molecule has 0 atom stereocenters.